The number of fused-ring (bicyclic) bond motifs is 1. The van der Waals surface area contributed by atoms with Gasteiger partial charge in [0.15, 0.2) is 5.82 Å². The molecule has 1 saturated heterocycles. The van der Waals surface area contributed by atoms with Gasteiger partial charge in [0.05, 0.1) is 11.0 Å². The molecule has 5 nitrogen and oxygen atoms in total. The van der Waals surface area contributed by atoms with Crippen molar-refractivity contribution >= 4 is 28.7 Å². The van der Waals surface area contributed by atoms with Crippen LogP contribution in [0, 0.1) is 0 Å². The van der Waals surface area contributed by atoms with Gasteiger partial charge in [-0.3, -0.25) is 9.59 Å². The fraction of sp³-hybridized carbons (Fsp3) is 0.0417. The molecule has 8 aromatic rings. The van der Waals surface area contributed by atoms with Crippen LogP contribution in [-0.2, 0) is 20.4 Å². The highest BCUT2D eigenvalue weighted by atomic mass is 16.2. The van der Waals surface area contributed by atoms with Gasteiger partial charge in [0.1, 0.15) is 16.5 Å². The number of carbonyl (C=O) groups is 2. The smallest absolute Gasteiger partial charge is 0.252 e. The minimum Gasteiger partial charge on any atom is -0.272 e. The molecule has 0 radical (unpaired) electrons. The lowest BCUT2D eigenvalue weighted by Crippen LogP contribution is -2.53. The molecule has 1 aromatic heterocycles. The summed E-state index contributed by atoms with van der Waals surface area (Å²) >= 11 is 0. The second kappa shape index (κ2) is 13.0. The Morgan fingerprint density at radius 2 is 0.736 bits per heavy atom. The zero-order chi connectivity index (χ0) is 35.8. The number of hydrogen-bond acceptors (Lipinski definition) is 4. The van der Waals surface area contributed by atoms with E-state index in [4.69, 9.17) is 9.97 Å². The van der Waals surface area contributed by atoms with E-state index < -0.39 is 22.6 Å². The van der Waals surface area contributed by atoms with Crippen LogP contribution in [0.4, 0.5) is 5.82 Å². The number of carbonyl (C=O) groups excluding carboxylic acids is 2. The van der Waals surface area contributed by atoms with Gasteiger partial charge in [0.25, 0.3) is 11.8 Å². The van der Waals surface area contributed by atoms with Crippen molar-refractivity contribution in [3.63, 3.8) is 0 Å². The van der Waals surface area contributed by atoms with E-state index in [9.17, 15) is 0 Å². The summed E-state index contributed by atoms with van der Waals surface area (Å²) in [5.41, 5.74) is 4.15. The maximum atomic E-state index is 16.2. The minimum absolute atomic E-state index is 0.191. The number of hydrogen-bond donors (Lipinski definition) is 0. The zero-order valence-electron chi connectivity index (χ0n) is 28.7. The zero-order valence-corrected chi connectivity index (χ0v) is 28.7. The largest absolute Gasteiger partial charge is 0.272 e. The Bertz CT molecular complexity index is 2400. The van der Waals surface area contributed by atoms with Crippen molar-refractivity contribution in [1.82, 2.24) is 9.97 Å². The average molecular weight is 684 g/mol. The van der Waals surface area contributed by atoms with Crippen LogP contribution in [0.1, 0.15) is 22.3 Å². The summed E-state index contributed by atoms with van der Waals surface area (Å²) < 4.78 is 0. The van der Waals surface area contributed by atoms with Crippen molar-refractivity contribution in [1.29, 1.82) is 0 Å². The molecule has 7 aromatic carbocycles. The molecule has 53 heavy (non-hydrogen) atoms. The molecule has 0 spiro atoms. The Balaban J connectivity index is 1.40. The first-order valence-electron chi connectivity index (χ1n) is 17.7. The van der Waals surface area contributed by atoms with Crippen LogP contribution in [0.3, 0.4) is 0 Å². The number of rotatable bonds is 7. The van der Waals surface area contributed by atoms with Gasteiger partial charge in [0.2, 0.25) is 0 Å². The van der Waals surface area contributed by atoms with E-state index in [0.29, 0.717) is 39.0 Å². The first kappa shape index (κ1) is 32.0. The molecule has 1 aliphatic rings. The van der Waals surface area contributed by atoms with E-state index in [1.165, 1.54) is 4.90 Å². The number of benzene rings is 7. The van der Waals surface area contributed by atoms with E-state index in [1.807, 2.05) is 188 Å². The summed E-state index contributed by atoms with van der Waals surface area (Å²) in [7, 11) is 0. The van der Waals surface area contributed by atoms with Crippen molar-refractivity contribution in [3.8, 4) is 22.4 Å². The third-order valence-corrected chi connectivity index (χ3v) is 10.4. The van der Waals surface area contributed by atoms with Crippen LogP contribution in [0.25, 0.3) is 33.4 Å². The summed E-state index contributed by atoms with van der Waals surface area (Å²) in [6, 6.07) is 64.5. The Labute approximate surface area is 307 Å². The summed E-state index contributed by atoms with van der Waals surface area (Å²) in [4.78, 5) is 44.1. The molecular formula is C48H33N3O2. The third kappa shape index (κ3) is 4.85. The standard InChI is InChI=1S/C48H33N3O2/c52-45-47(37-23-11-3-12-24-37,38-25-13-4-14-26-38)48(39-27-15-5-16-28-39,40-29-17-6-18-30-40)46(53)51(45)44-43(35-21-9-2-10-22-35)49-42-33-36(31-32-41(42)50-44)34-19-7-1-8-20-34/h1-33H. The van der Waals surface area contributed by atoms with Crippen LogP contribution < -0.4 is 4.90 Å². The molecule has 1 fully saturated rings. The molecule has 2 amide bonds. The highest BCUT2D eigenvalue weighted by molar-refractivity contribution is 6.32. The molecule has 2 heterocycles. The third-order valence-electron chi connectivity index (χ3n) is 10.4. The lowest BCUT2D eigenvalue weighted by Gasteiger charge is -2.43. The van der Waals surface area contributed by atoms with E-state index in [0.717, 1.165) is 16.7 Å². The average Bonchev–Trinajstić information content (AvgIpc) is 3.45. The van der Waals surface area contributed by atoms with Crippen molar-refractivity contribution < 1.29 is 9.59 Å². The monoisotopic (exact) mass is 683 g/mol. The Morgan fingerprint density at radius 1 is 0.358 bits per heavy atom. The fourth-order valence-electron chi connectivity index (χ4n) is 8.19. The van der Waals surface area contributed by atoms with E-state index >= 15 is 9.59 Å². The van der Waals surface area contributed by atoms with Crippen molar-refractivity contribution in [2.24, 2.45) is 0 Å². The minimum atomic E-state index is -1.54. The summed E-state index contributed by atoms with van der Waals surface area (Å²) in [5, 5.41) is 0. The van der Waals surface area contributed by atoms with Crippen LogP contribution in [-0.4, -0.2) is 21.8 Å². The SMILES string of the molecule is O=C1N(c2nc3ccc(-c4ccccc4)cc3nc2-c2ccccc2)C(=O)C(c2ccccc2)(c2ccccc2)C1(c1ccccc1)c1ccccc1. The molecule has 0 unspecified atom stereocenters. The maximum Gasteiger partial charge on any atom is 0.252 e. The predicted molar refractivity (Wildman–Crippen MR) is 210 cm³/mol. The van der Waals surface area contributed by atoms with Crippen LogP contribution >= 0.6 is 0 Å². The van der Waals surface area contributed by atoms with Crippen molar-refractivity contribution in [2.45, 2.75) is 10.8 Å². The summed E-state index contributed by atoms with van der Waals surface area (Å²) in [5.74, 6) is -0.616. The lowest BCUT2D eigenvalue weighted by atomic mass is 9.53. The topological polar surface area (TPSA) is 63.2 Å². The highest BCUT2D eigenvalue weighted by Crippen LogP contribution is 2.60. The van der Waals surface area contributed by atoms with Gasteiger partial charge in [-0.1, -0.05) is 188 Å². The van der Waals surface area contributed by atoms with Gasteiger partial charge in [-0.2, -0.15) is 0 Å². The van der Waals surface area contributed by atoms with E-state index in [2.05, 4.69) is 12.1 Å². The molecule has 9 rings (SSSR count). The number of imide groups is 1. The molecule has 5 heteroatoms. The van der Waals surface area contributed by atoms with Crippen LogP contribution in [0.15, 0.2) is 200 Å². The van der Waals surface area contributed by atoms with Crippen LogP contribution in [0.2, 0.25) is 0 Å². The Kier molecular flexibility index (Phi) is 7.82. The quantitative estimate of drug-likeness (QED) is 0.157. The van der Waals surface area contributed by atoms with Gasteiger partial charge in [0, 0.05) is 5.56 Å². The molecule has 1 aliphatic heterocycles. The Morgan fingerprint density at radius 3 is 1.15 bits per heavy atom. The van der Waals surface area contributed by atoms with Gasteiger partial charge in [-0.05, 0) is 45.5 Å². The molecule has 0 N–H and O–H groups in total. The Hall–Kier alpha value is -6.98. The highest BCUT2D eigenvalue weighted by Gasteiger charge is 2.73. The first-order valence-corrected chi connectivity index (χ1v) is 17.7. The summed E-state index contributed by atoms with van der Waals surface area (Å²) in [6.07, 6.45) is 0. The molecular weight excluding hydrogens is 651 g/mol. The molecule has 0 saturated carbocycles. The van der Waals surface area contributed by atoms with E-state index in [-0.39, 0.29) is 5.82 Å². The normalized spacial score (nSPS) is 14.8. The van der Waals surface area contributed by atoms with Crippen molar-refractivity contribution in [2.75, 3.05) is 4.90 Å². The van der Waals surface area contributed by atoms with Gasteiger partial charge >= 0.3 is 0 Å². The fourth-order valence-corrected chi connectivity index (χ4v) is 8.19. The number of nitrogens with zero attached hydrogens (tertiary/aromatic N) is 3. The molecule has 0 bridgehead atoms. The van der Waals surface area contributed by atoms with Gasteiger partial charge in [-0.15, -0.1) is 0 Å². The van der Waals surface area contributed by atoms with Gasteiger partial charge < -0.3 is 0 Å². The summed E-state index contributed by atoms with van der Waals surface area (Å²) in [6.45, 7) is 0. The maximum absolute atomic E-state index is 16.2. The molecule has 0 aliphatic carbocycles. The second-order valence-electron chi connectivity index (χ2n) is 13.2. The lowest BCUT2D eigenvalue weighted by molar-refractivity contribution is -0.122. The molecule has 0 atom stereocenters. The predicted octanol–water partition coefficient (Wildman–Crippen LogP) is 9.81. The number of amides is 2. The second-order valence-corrected chi connectivity index (χ2v) is 13.2. The molecule has 252 valence electrons. The first-order chi connectivity index (χ1) is 26.1. The number of anilines is 1. The van der Waals surface area contributed by atoms with E-state index in [1.54, 1.807) is 0 Å². The van der Waals surface area contributed by atoms with Gasteiger partial charge in [-0.25, -0.2) is 14.9 Å². The number of aromatic nitrogens is 2. The van der Waals surface area contributed by atoms with Crippen molar-refractivity contribution in [3.05, 3.63) is 222 Å². The van der Waals surface area contributed by atoms with Crippen LogP contribution in [0.5, 0.6) is 0 Å².